The molecule has 1 aliphatic heterocycles. The fourth-order valence-corrected chi connectivity index (χ4v) is 2.94. The van der Waals surface area contributed by atoms with E-state index in [1.54, 1.807) is 7.11 Å². The molecule has 108 valence electrons. The second kappa shape index (κ2) is 5.38. The Hall–Kier alpha value is -1.66. The molecule has 1 atom stereocenters. The van der Waals surface area contributed by atoms with E-state index in [2.05, 4.69) is 15.2 Å². The van der Waals surface area contributed by atoms with Crippen molar-refractivity contribution in [2.75, 3.05) is 20.3 Å². The van der Waals surface area contributed by atoms with E-state index >= 15 is 0 Å². The van der Waals surface area contributed by atoms with E-state index in [9.17, 15) is 0 Å². The molecule has 0 N–H and O–H groups in total. The molecule has 6 heteroatoms. The van der Waals surface area contributed by atoms with Gasteiger partial charge in [-0.1, -0.05) is 5.21 Å². The summed E-state index contributed by atoms with van der Waals surface area (Å²) in [7, 11) is 3.68. The molecule has 6 nitrogen and oxygen atoms in total. The van der Waals surface area contributed by atoms with Gasteiger partial charge in [0.1, 0.15) is 17.2 Å². The first kappa shape index (κ1) is 13.3. The molecule has 20 heavy (non-hydrogen) atoms. The molecular weight excluding hydrogens is 256 g/mol. The predicted octanol–water partition coefficient (Wildman–Crippen LogP) is 1.46. The van der Waals surface area contributed by atoms with E-state index in [-0.39, 0.29) is 0 Å². The Balaban J connectivity index is 1.79. The largest absolute Gasteiger partial charge is 0.465 e. The zero-order valence-corrected chi connectivity index (χ0v) is 12.2. The minimum atomic E-state index is 0.305. The highest BCUT2D eigenvalue weighted by Crippen LogP contribution is 2.27. The Morgan fingerprint density at radius 3 is 3.00 bits per heavy atom. The molecule has 0 saturated heterocycles. The Labute approximate surface area is 118 Å². The first-order valence-corrected chi connectivity index (χ1v) is 6.82. The Bertz CT molecular complexity index is 590. The molecule has 0 unspecified atom stereocenters. The summed E-state index contributed by atoms with van der Waals surface area (Å²) in [6.45, 7) is 5.19. The second-order valence-electron chi connectivity index (χ2n) is 5.38. The van der Waals surface area contributed by atoms with E-state index in [4.69, 9.17) is 9.15 Å². The lowest BCUT2D eigenvalue weighted by molar-refractivity contribution is 0.127. The van der Waals surface area contributed by atoms with Crippen LogP contribution >= 0.6 is 0 Å². The van der Waals surface area contributed by atoms with Gasteiger partial charge in [0.25, 0.3) is 0 Å². The minimum absolute atomic E-state index is 0.305. The van der Waals surface area contributed by atoms with Gasteiger partial charge in [-0.2, -0.15) is 0 Å². The van der Waals surface area contributed by atoms with Crippen molar-refractivity contribution in [1.82, 2.24) is 19.9 Å². The molecule has 0 bridgehead atoms. The average molecular weight is 276 g/mol. The van der Waals surface area contributed by atoms with Crippen molar-refractivity contribution in [3.05, 3.63) is 35.0 Å². The molecule has 0 radical (unpaired) electrons. The number of nitrogens with zero attached hydrogens (tertiary/aromatic N) is 4. The molecular formula is C14H20N4O2. The van der Waals surface area contributed by atoms with Gasteiger partial charge in [-0.05, 0) is 19.1 Å². The highest BCUT2D eigenvalue weighted by Gasteiger charge is 2.30. The Kier molecular flexibility index (Phi) is 3.58. The molecule has 0 aromatic carbocycles. The first-order chi connectivity index (χ1) is 9.67. The normalized spacial score (nSPS) is 19.2. The molecule has 0 amide bonds. The van der Waals surface area contributed by atoms with Crippen molar-refractivity contribution < 1.29 is 9.15 Å². The molecule has 3 rings (SSSR count). The van der Waals surface area contributed by atoms with Crippen molar-refractivity contribution in [2.24, 2.45) is 7.05 Å². The van der Waals surface area contributed by atoms with Gasteiger partial charge in [0, 0.05) is 33.2 Å². The van der Waals surface area contributed by atoms with Gasteiger partial charge in [0.05, 0.1) is 18.8 Å². The van der Waals surface area contributed by atoms with E-state index in [0.717, 1.165) is 36.8 Å². The highest BCUT2D eigenvalue weighted by atomic mass is 16.5. The van der Waals surface area contributed by atoms with Gasteiger partial charge in [0.2, 0.25) is 0 Å². The van der Waals surface area contributed by atoms with E-state index < -0.39 is 0 Å². The van der Waals surface area contributed by atoms with Crippen LogP contribution in [-0.4, -0.2) is 40.2 Å². The zero-order chi connectivity index (χ0) is 14.1. The second-order valence-corrected chi connectivity index (χ2v) is 5.38. The summed E-state index contributed by atoms with van der Waals surface area (Å²) in [4.78, 5) is 2.33. The molecule has 3 heterocycles. The van der Waals surface area contributed by atoms with Gasteiger partial charge in [0.15, 0.2) is 0 Å². The third kappa shape index (κ3) is 2.48. The summed E-state index contributed by atoms with van der Waals surface area (Å²) in [6, 6.07) is 4.03. The lowest BCUT2D eigenvalue weighted by Gasteiger charge is -2.31. The van der Waals surface area contributed by atoms with Gasteiger partial charge in [-0.25, -0.2) is 0 Å². The van der Waals surface area contributed by atoms with Crippen LogP contribution in [0.1, 0.15) is 28.8 Å². The van der Waals surface area contributed by atoms with Crippen LogP contribution in [0.15, 0.2) is 16.5 Å². The lowest BCUT2D eigenvalue weighted by Crippen LogP contribution is -2.35. The zero-order valence-electron chi connectivity index (χ0n) is 12.2. The number of fused-ring (bicyclic) bond motifs is 1. The number of hydrogen-bond acceptors (Lipinski definition) is 5. The number of ether oxygens (including phenoxy) is 1. The van der Waals surface area contributed by atoms with Crippen LogP contribution in [-0.2, 0) is 24.9 Å². The summed E-state index contributed by atoms with van der Waals surface area (Å²) >= 11 is 0. The number of furan rings is 1. The molecule has 0 spiro atoms. The number of hydrogen-bond donors (Lipinski definition) is 0. The molecule has 2 aromatic heterocycles. The summed E-state index contributed by atoms with van der Waals surface area (Å²) in [5, 5.41) is 8.41. The lowest BCUT2D eigenvalue weighted by atomic mass is 9.99. The van der Waals surface area contributed by atoms with Crippen LogP contribution in [0, 0.1) is 6.92 Å². The topological polar surface area (TPSA) is 56.3 Å². The van der Waals surface area contributed by atoms with E-state index in [1.165, 1.54) is 5.69 Å². The molecule has 2 aromatic rings. The maximum absolute atomic E-state index is 5.66. The summed E-state index contributed by atoms with van der Waals surface area (Å²) in [5.74, 6) is 2.25. The number of rotatable bonds is 4. The highest BCUT2D eigenvalue weighted by molar-refractivity contribution is 5.20. The molecule has 0 saturated carbocycles. The number of methoxy groups -OCH3 is 1. The number of aryl methyl sites for hydroxylation is 2. The molecule has 0 fully saturated rings. The third-order valence-corrected chi connectivity index (χ3v) is 3.73. The third-order valence-electron chi connectivity index (χ3n) is 3.73. The summed E-state index contributed by atoms with van der Waals surface area (Å²) < 4.78 is 12.9. The Morgan fingerprint density at radius 2 is 2.30 bits per heavy atom. The predicted molar refractivity (Wildman–Crippen MR) is 73.2 cm³/mol. The van der Waals surface area contributed by atoms with Crippen molar-refractivity contribution in [3.63, 3.8) is 0 Å². The van der Waals surface area contributed by atoms with Gasteiger partial charge >= 0.3 is 0 Å². The fourth-order valence-electron chi connectivity index (χ4n) is 2.94. The van der Waals surface area contributed by atoms with Crippen LogP contribution in [0.5, 0.6) is 0 Å². The maximum atomic E-state index is 5.66. The van der Waals surface area contributed by atoms with Crippen LogP contribution in [0.4, 0.5) is 0 Å². The molecule has 0 aliphatic carbocycles. The van der Waals surface area contributed by atoms with Gasteiger partial charge < -0.3 is 9.15 Å². The van der Waals surface area contributed by atoms with Crippen LogP contribution in [0.25, 0.3) is 0 Å². The van der Waals surface area contributed by atoms with Crippen molar-refractivity contribution in [3.8, 4) is 0 Å². The Morgan fingerprint density at radius 1 is 1.45 bits per heavy atom. The minimum Gasteiger partial charge on any atom is -0.465 e. The maximum Gasteiger partial charge on any atom is 0.118 e. The van der Waals surface area contributed by atoms with Gasteiger partial charge in [-0.15, -0.1) is 5.10 Å². The van der Waals surface area contributed by atoms with Crippen LogP contribution < -0.4 is 0 Å². The van der Waals surface area contributed by atoms with E-state index in [1.807, 2.05) is 30.8 Å². The summed E-state index contributed by atoms with van der Waals surface area (Å²) in [5.41, 5.74) is 2.24. The quantitative estimate of drug-likeness (QED) is 0.846. The van der Waals surface area contributed by atoms with Crippen LogP contribution in [0.3, 0.4) is 0 Å². The van der Waals surface area contributed by atoms with Gasteiger partial charge in [-0.3, -0.25) is 9.58 Å². The monoisotopic (exact) mass is 276 g/mol. The van der Waals surface area contributed by atoms with Crippen molar-refractivity contribution in [1.29, 1.82) is 0 Å². The standard InChI is InChI=1S/C14H20N4O2/c1-10-4-5-12(20-10)7-18-6-11(9-19-3)14-13(8-18)15-16-17(14)2/h4-5,11H,6-9H2,1-3H3/t11-/m0/s1. The van der Waals surface area contributed by atoms with Crippen molar-refractivity contribution >= 4 is 0 Å². The fraction of sp³-hybridized carbons (Fsp3) is 0.571. The first-order valence-electron chi connectivity index (χ1n) is 6.82. The SMILES string of the molecule is COC[C@@H]1CN(Cc2ccc(C)o2)Cc2nnn(C)c21. The molecule has 1 aliphatic rings. The van der Waals surface area contributed by atoms with Crippen molar-refractivity contribution in [2.45, 2.75) is 25.9 Å². The number of aromatic nitrogens is 3. The smallest absolute Gasteiger partial charge is 0.118 e. The summed E-state index contributed by atoms with van der Waals surface area (Å²) in [6.07, 6.45) is 0. The average Bonchev–Trinajstić information content (AvgIpc) is 2.97. The van der Waals surface area contributed by atoms with E-state index in [0.29, 0.717) is 12.5 Å². The van der Waals surface area contributed by atoms with Crippen LogP contribution in [0.2, 0.25) is 0 Å².